The molecule has 0 saturated carbocycles. The van der Waals surface area contributed by atoms with E-state index in [0.717, 1.165) is 19.4 Å². The molecular formula is C10H22N2O2. The van der Waals surface area contributed by atoms with Crippen molar-refractivity contribution in [3.63, 3.8) is 0 Å². The van der Waals surface area contributed by atoms with Gasteiger partial charge < -0.3 is 15.3 Å². The fourth-order valence-electron chi connectivity index (χ4n) is 1.14. The number of carbonyl (C=O) groups is 1. The molecule has 4 nitrogen and oxygen atoms in total. The highest BCUT2D eigenvalue weighted by molar-refractivity contribution is 5.76. The smallest absolute Gasteiger partial charge is 0.221 e. The second-order valence-electron chi connectivity index (χ2n) is 3.89. The van der Waals surface area contributed by atoms with E-state index >= 15 is 0 Å². The molecule has 0 spiro atoms. The molecule has 0 aliphatic heterocycles. The highest BCUT2D eigenvalue weighted by Crippen LogP contribution is 1.96. The lowest BCUT2D eigenvalue weighted by Gasteiger charge is -2.14. The van der Waals surface area contributed by atoms with Crippen LogP contribution in [0.3, 0.4) is 0 Å². The van der Waals surface area contributed by atoms with E-state index in [9.17, 15) is 4.79 Å². The maximum atomic E-state index is 11.3. The van der Waals surface area contributed by atoms with Gasteiger partial charge in [-0.2, -0.15) is 0 Å². The topological polar surface area (TPSA) is 52.6 Å². The zero-order valence-electron chi connectivity index (χ0n) is 9.42. The van der Waals surface area contributed by atoms with Crippen molar-refractivity contribution in [3.8, 4) is 0 Å². The van der Waals surface area contributed by atoms with Crippen molar-refractivity contribution in [3.05, 3.63) is 0 Å². The fourth-order valence-corrected chi connectivity index (χ4v) is 1.14. The van der Waals surface area contributed by atoms with Gasteiger partial charge in [0.05, 0.1) is 0 Å². The standard InChI is InChI=1S/C10H22N2O2/c1-9(5-4-8-13)11-10(14)6-7-12(2)3/h9,13H,4-8H2,1-3H3,(H,11,14). The minimum Gasteiger partial charge on any atom is -0.396 e. The Balaban J connectivity index is 3.50. The molecule has 1 atom stereocenters. The first-order chi connectivity index (χ1) is 6.56. The maximum Gasteiger partial charge on any atom is 0.221 e. The molecule has 1 amide bonds. The van der Waals surface area contributed by atoms with Crippen LogP contribution in [0.4, 0.5) is 0 Å². The van der Waals surface area contributed by atoms with E-state index in [1.165, 1.54) is 0 Å². The monoisotopic (exact) mass is 202 g/mol. The third-order valence-corrected chi connectivity index (χ3v) is 1.99. The summed E-state index contributed by atoms with van der Waals surface area (Å²) in [6.45, 7) is 2.93. The van der Waals surface area contributed by atoms with Crippen molar-refractivity contribution in [2.24, 2.45) is 0 Å². The molecule has 0 aromatic heterocycles. The molecule has 0 radical (unpaired) electrons. The molecule has 0 heterocycles. The Kier molecular flexibility index (Phi) is 7.42. The lowest BCUT2D eigenvalue weighted by Crippen LogP contribution is -2.34. The SMILES string of the molecule is CC(CCCO)NC(=O)CCN(C)C. The zero-order chi connectivity index (χ0) is 11.0. The lowest BCUT2D eigenvalue weighted by atomic mass is 10.2. The number of rotatable bonds is 7. The van der Waals surface area contributed by atoms with Gasteiger partial charge in [-0.05, 0) is 33.9 Å². The van der Waals surface area contributed by atoms with Crippen molar-refractivity contribution in [2.75, 3.05) is 27.2 Å². The molecule has 2 N–H and O–H groups in total. The number of amides is 1. The second-order valence-corrected chi connectivity index (χ2v) is 3.89. The molecule has 4 heteroatoms. The van der Waals surface area contributed by atoms with Crippen molar-refractivity contribution < 1.29 is 9.90 Å². The van der Waals surface area contributed by atoms with Gasteiger partial charge >= 0.3 is 0 Å². The van der Waals surface area contributed by atoms with Gasteiger partial charge in [-0.3, -0.25) is 4.79 Å². The minimum atomic E-state index is 0.0872. The van der Waals surface area contributed by atoms with Crippen LogP contribution >= 0.6 is 0 Å². The van der Waals surface area contributed by atoms with Crippen LogP contribution in [0, 0.1) is 0 Å². The first-order valence-corrected chi connectivity index (χ1v) is 5.11. The average Bonchev–Trinajstić information content (AvgIpc) is 2.11. The Bertz CT molecular complexity index is 160. The molecule has 0 aromatic carbocycles. The zero-order valence-corrected chi connectivity index (χ0v) is 9.42. The van der Waals surface area contributed by atoms with Crippen LogP contribution in [0.1, 0.15) is 26.2 Å². The lowest BCUT2D eigenvalue weighted by molar-refractivity contribution is -0.122. The Labute approximate surface area is 86.3 Å². The van der Waals surface area contributed by atoms with Crippen LogP contribution in [0.25, 0.3) is 0 Å². The maximum absolute atomic E-state index is 11.3. The highest BCUT2D eigenvalue weighted by atomic mass is 16.2. The van der Waals surface area contributed by atoms with Gasteiger partial charge in [-0.25, -0.2) is 0 Å². The van der Waals surface area contributed by atoms with Gasteiger partial charge in [0.15, 0.2) is 0 Å². The van der Waals surface area contributed by atoms with Gasteiger partial charge in [0, 0.05) is 25.6 Å². The first-order valence-electron chi connectivity index (χ1n) is 5.11. The van der Waals surface area contributed by atoms with Gasteiger partial charge in [0.1, 0.15) is 0 Å². The second kappa shape index (κ2) is 7.76. The molecule has 0 aliphatic rings. The molecule has 0 aromatic rings. The van der Waals surface area contributed by atoms with Gasteiger partial charge in [0.2, 0.25) is 5.91 Å². The number of nitrogens with one attached hydrogen (secondary N) is 1. The third-order valence-electron chi connectivity index (χ3n) is 1.99. The van der Waals surface area contributed by atoms with Gasteiger partial charge in [-0.15, -0.1) is 0 Å². The van der Waals surface area contributed by atoms with E-state index in [1.54, 1.807) is 0 Å². The van der Waals surface area contributed by atoms with Crippen LogP contribution in [0.5, 0.6) is 0 Å². The summed E-state index contributed by atoms with van der Waals surface area (Å²) in [5.74, 6) is 0.0872. The van der Waals surface area contributed by atoms with Crippen molar-refractivity contribution in [2.45, 2.75) is 32.2 Å². The molecular weight excluding hydrogens is 180 g/mol. The summed E-state index contributed by atoms with van der Waals surface area (Å²) < 4.78 is 0. The summed E-state index contributed by atoms with van der Waals surface area (Å²) in [6, 6.07) is 0.164. The number of nitrogens with zero attached hydrogens (tertiary/aromatic N) is 1. The molecule has 0 rings (SSSR count). The molecule has 0 aliphatic carbocycles. The summed E-state index contributed by atoms with van der Waals surface area (Å²) in [7, 11) is 3.89. The predicted molar refractivity (Wildman–Crippen MR) is 57.1 cm³/mol. The van der Waals surface area contributed by atoms with Crippen LogP contribution in [0.15, 0.2) is 0 Å². The molecule has 0 bridgehead atoms. The molecule has 0 saturated heterocycles. The highest BCUT2D eigenvalue weighted by Gasteiger charge is 2.06. The fraction of sp³-hybridized carbons (Fsp3) is 0.900. The van der Waals surface area contributed by atoms with Crippen LogP contribution in [0.2, 0.25) is 0 Å². The summed E-state index contributed by atoms with van der Waals surface area (Å²) in [6.07, 6.45) is 2.12. The Morgan fingerprint density at radius 2 is 2.14 bits per heavy atom. The van der Waals surface area contributed by atoms with E-state index in [4.69, 9.17) is 5.11 Å². The normalized spacial score (nSPS) is 12.9. The number of aliphatic hydroxyl groups excluding tert-OH is 1. The Hall–Kier alpha value is -0.610. The van der Waals surface area contributed by atoms with E-state index in [1.807, 2.05) is 25.9 Å². The van der Waals surface area contributed by atoms with E-state index in [0.29, 0.717) is 6.42 Å². The summed E-state index contributed by atoms with van der Waals surface area (Å²) >= 11 is 0. The third kappa shape index (κ3) is 8.01. The summed E-state index contributed by atoms with van der Waals surface area (Å²) in [5.41, 5.74) is 0. The predicted octanol–water partition coefficient (Wildman–Crippen LogP) is 0.215. The summed E-state index contributed by atoms with van der Waals surface area (Å²) in [5, 5.41) is 11.5. The number of hydrogen-bond acceptors (Lipinski definition) is 3. The van der Waals surface area contributed by atoms with Crippen molar-refractivity contribution >= 4 is 5.91 Å². The largest absolute Gasteiger partial charge is 0.396 e. The van der Waals surface area contributed by atoms with Gasteiger partial charge in [-0.1, -0.05) is 0 Å². The van der Waals surface area contributed by atoms with E-state index in [-0.39, 0.29) is 18.6 Å². The van der Waals surface area contributed by atoms with Crippen molar-refractivity contribution in [1.82, 2.24) is 10.2 Å². The first kappa shape index (κ1) is 13.4. The van der Waals surface area contributed by atoms with E-state index in [2.05, 4.69) is 5.32 Å². The van der Waals surface area contributed by atoms with Crippen LogP contribution in [-0.2, 0) is 4.79 Å². The Morgan fingerprint density at radius 3 is 2.64 bits per heavy atom. The van der Waals surface area contributed by atoms with Gasteiger partial charge in [0.25, 0.3) is 0 Å². The number of aliphatic hydroxyl groups is 1. The quantitative estimate of drug-likeness (QED) is 0.621. The molecule has 0 fully saturated rings. The van der Waals surface area contributed by atoms with Crippen LogP contribution in [-0.4, -0.2) is 49.2 Å². The van der Waals surface area contributed by atoms with Crippen molar-refractivity contribution in [1.29, 1.82) is 0 Å². The molecule has 84 valence electrons. The molecule has 1 unspecified atom stereocenters. The van der Waals surface area contributed by atoms with Crippen LogP contribution < -0.4 is 5.32 Å². The summed E-state index contributed by atoms with van der Waals surface area (Å²) in [4.78, 5) is 13.3. The molecule has 14 heavy (non-hydrogen) atoms. The van der Waals surface area contributed by atoms with E-state index < -0.39 is 0 Å². The Morgan fingerprint density at radius 1 is 1.50 bits per heavy atom. The minimum absolute atomic E-state index is 0.0872. The average molecular weight is 202 g/mol. The number of carbonyl (C=O) groups excluding carboxylic acids is 1. The number of hydrogen-bond donors (Lipinski definition) is 2.